The van der Waals surface area contributed by atoms with Crippen LogP contribution >= 0.6 is 0 Å². The molecule has 6 heteroatoms. The monoisotopic (exact) mass is 560 g/mol. The summed E-state index contributed by atoms with van der Waals surface area (Å²) in [6, 6.07) is 0. The Hall–Kier alpha value is -0.950. The topological polar surface area (TPSA) is 74.2 Å². The lowest BCUT2D eigenvalue weighted by molar-refractivity contribution is -0.256. The minimum absolute atomic E-state index is 0.00577. The van der Waals surface area contributed by atoms with Crippen molar-refractivity contribution >= 4 is 5.97 Å². The van der Waals surface area contributed by atoms with Crippen molar-refractivity contribution < 1.29 is 28.8 Å². The fourth-order valence-corrected chi connectivity index (χ4v) is 11.8. The summed E-state index contributed by atoms with van der Waals surface area (Å²) in [5, 5.41) is 12.0. The molecule has 4 saturated carbocycles. The molecule has 0 heterocycles. The molecule has 1 N–H and O–H groups in total. The van der Waals surface area contributed by atoms with Crippen molar-refractivity contribution in [3.05, 3.63) is 11.6 Å². The molecule has 0 aromatic rings. The molecule has 0 aliphatic heterocycles. The second-order valence-electron chi connectivity index (χ2n) is 15.9. The van der Waals surface area contributed by atoms with Gasteiger partial charge in [-0.05, 0) is 84.9 Å². The fraction of sp³-hybridized carbons (Fsp3) is 0.912. The van der Waals surface area contributed by atoms with E-state index >= 15 is 0 Å². The van der Waals surface area contributed by atoms with E-state index in [1.807, 2.05) is 21.3 Å². The molecule has 5 rings (SSSR count). The highest BCUT2D eigenvalue weighted by atomic mass is 16.5. The van der Waals surface area contributed by atoms with Crippen molar-refractivity contribution in [3.63, 3.8) is 0 Å². The van der Waals surface area contributed by atoms with Crippen LogP contribution in [0.15, 0.2) is 11.6 Å². The number of aliphatic hydroxyl groups excluding tert-OH is 1. The number of fused-ring (bicyclic) bond motifs is 7. The minimum atomic E-state index is -0.631. The van der Waals surface area contributed by atoms with E-state index in [0.717, 1.165) is 51.4 Å². The van der Waals surface area contributed by atoms with Gasteiger partial charge in [0.05, 0.1) is 37.4 Å². The molecule has 0 saturated heterocycles. The molecule has 228 valence electrons. The van der Waals surface area contributed by atoms with Crippen LogP contribution in [0.1, 0.15) is 92.9 Å². The zero-order chi connectivity index (χ0) is 29.5. The van der Waals surface area contributed by atoms with E-state index in [2.05, 4.69) is 47.6 Å². The Kier molecular flexibility index (Phi) is 7.46. The van der Waals surface area contributed by atoms with Crippen molar-refractivity contribution in [2.75, 3.05) is 35.0 Å². The molecule has 0 amide bonds. The normalized spacial score (nSPS) is 51.4. The maximum absolute atomic E-state index is 13.5. The van der Waals surface area contributed by atoms with Gasteiger partial charge in [0.2, 0.25) is 0 Å². The Morgan fingerprint density at radius 2 is 1.60 bits per heavy atom. The average molecular weight is 561 g/mol. The Balaban J connectivity index is 1.63. The van der Waals surface area contributed by atoms with Crippen molar-refractivity contribution in [2.24, 2.45) is 50.2 Å². The smallest absolute Gasteiger partial charge is 0.312 e. The van der Waals surface area contributed by atoms with E-state index in [0.29, 0.717) is 18.4 Å². The summed E-state index contributed by atoms with van der Waals surface area (Å²) >= 11 is 0. The summed E-state index contributed by atoms with van der Waals surface area (Å²) in [5.74, 6) is 0.581. The van der Waals surface area contributed by atoms with Gasteiger partial charge in [0.1, 0.15) is 0 Å². The van der Waals surface area contributed by atoms with Gasteiger partial charge in [-0.2, -0.15) is 0 Å². The second kappa shape index (κ2) is 9.79. The van der Waals surface area contributed by atoms with E-state index < -0.39 is 11.5 Å². The molecule has 0 bridgehead atoms. The first kappa shape index (κ1) is 30.5. The van der Waals surface area contributed by atoms with Crippen LogP contribution in [0.5, 0.6) is 0 Å². The van der Waals surface area contributed by atoms with E-state index in [9.17, 15) is 9.90 Å². The highest BCUT2D eigenvalue weighted by molar-refractivity contribution is 5.79. The highest BCUT2D eigenvalue weighted by Crippen LogP contribution is 2.76. The van der Waals surface area contributed by atoms with Crippen LogP contribution in [-0.4, -0.2) is 64.4 Å². The first-order valence-corrected chi connectivity index (χ1v) is 15.7. The number of carbonyl (C=O) groups excluding carboxylic acids is 1. The number of esters is 1. The lowest BCUT2D eigenvalue weighted by Crippen LogP contribution is -2.69. The average Bonchev–Trinajstić information content (AvgIpc) is 2.90. The molecule has 0 spiro atoms. The summed E-state index contributed by atoms with van der Waals surface area (Å²) in [6.07, 6.45) is 9.42. The van der Waals surface area contributed by atoms with Crippen molar-refractivity contribution in [1.29, 1.82) is 0 Å². The number of carbonyl (C=O) groups is 1. The molecule has 0 radical (unpaired) electrons. The van der Waals surface area contributed by atoms with Crippen LogP contribution < -0.4 is 0 Å². The molecular formula is C34H56O6. The van der Waals surface area contributed by atoms with Gasteiger partial charge in [0, 0.05) is 32.7 Å². The molecule has 0 aromatic carbocycles. The number of hydrogen-bond donors (Lipinski definition) is 1. The van der Waals surface area contributed by atoms with Crippen molar-refractivity contribution in [3.8, 4) is 0 Å². The van der Waals surface area contributed by atoms with Gasteiger partial charge < -0.3 is 24.1 Å². The summed E-state index contributed by atoms with van der Waals surface area (Å²) < 4.78 is 23.7. The SMILES string of the molecule is COC[C@]1(C)C(OC)C(OC)CC2(C)C3CC=C4C5C(O)C(C)(C)CCC5(C(=O)OC)CCC4(C)C3(C)CCC21. The predicted octanol–water partition coefficient (Wildman–Crippen LogP) is 6.20. The van der Waals surface area contributed by atoms with E-state index in [4.69, 9.17) is 18.9 Å². The third kappa shape index (κ3) is 3.70. The first-order chi connectivity index (χ1) is 18.7. The Morgan fingerprint density at radius 3 is 2.20 bits per heavy atom. The van der Waals surface area contributed by atoms with Crippen LogP contribution in [0.4, 0.5) is 0 Å². The molecule has 6 nitrogen and oxygen atoms in total. The summed E-state index contributed by atoms with van der Waals surface area (Å²) in [4.78, 5) is 13.5. The van der Waals surface area contributed by atoms with E-state index in [1.165, 1.54) is 12.7 Å². The number of rotatable bonds is 5. The number of allylic oxidation sites excluding steroid dienone is 1. The molecule has 40 heavy (non-hydrogen) atoms. The standard InChI is InChI=1S/C34H56O6/c1-29(2)15-17-34(28(36)40-10)18-16-32(5)21(25(34)26(29)35)11-12-24-30(3)19-22(38-8)27(39-9)31(4,20-37-7)23(30)13-14-33(24,32)6/h11,22-27,35H,12-20H2,1-10H3/t22?,23?,24?,25?,26?,27?,30?,31-,32?,33?,34?/m0/s1. The van der Waals surface area contributed by atoms with Crippen LogP contribution in [0, 0.1) is 50.2 Å². The predicted molar refractivity (Wildman–Crippen MR) is 156 cm³/mol. The summed E-state index contributed by atoms with van der Waals surface area (Å²) in [5.41, 5.74) is 0.292. The maximum atomic E-state index is 13.5. The molecular weight excluding hydrogens is 504 g/mol. The molecule has 4 fully saturated rings. The molecule has 5 aliphatic rings. The third-order valence-corrected chi connectivity index (χ3v) is 14.1. The second-order valence-corrected chi connectivity index (χ2v) is 15.9. The van der Waals surface area contributed by atoms with Gasteiger partial charge in [-0.25, -0.2) is 0 Å². The van der Waals surface area contributed by atoms with Gasteiger partial charge in [0.15, 0.2) is 0 Å². The number of hydrogen-bond acceptors (Lipinski definition) is 6. The minimum Gasteiger partial charge on any atom is -0.469 e. The van der Waals surface area contributed by atoms with Gasteiger partial charge in [-0.15, -0.1) is 0 Å². The third-order valence-electron chi connectivity index (χ3n) is 14.1. The Morgan fingerprint density at radius 1 is 0.925 bits per heavy atom. The lowest BCUT2D eigenvalue weighted by atomic mass is 9.33. The first-order valence-electron chi connectivity index (χ1n) is 15.7. The molecule has 11 atom stereocenters. The lowest BCUT2D eigenvalue weighted by Gasteiger charge is -2.72. The van der Waals surface area contributed by atoms with E-state index in [1.54, 1.807) is 0 Å². The summed E-state index contributed by atoms with van der Waals surface area (Å²) in [6.45, 7) is 14.9. The van der Waals surface area contributed by atoms with Crippen molar-refractivity contribution in [2.45, 2.75) is 111 Å². The van der Waals surface area contributed by atoms with Gasteiger partial charge >= 0.3 is 5.97 Å². The zero-order valence-corrected chi connectivity index (χ0v) is 26.9. The molecule has 0 aromatic heterocycles. The maximum Gasteiger partial charge on any atom is 0.312 e. The van der Waals surface area contributed by atoms with Gasteiger partial charge in [-0.3, -0.25) is 4.79 Å². The van der Waals surface area contributed by atoms with Crippen LogP contribution in [0.3, 0.4) is 0 Å². The zero-order valence-electron chi connectivity index (χ0n) is 26.9. The van der Waals surface area contributed by atoms with Gasteiger partial charge in [0.25, 0.3) is 0 Å². The van der Waals surface area contributed by atoms with E-state index in [-0.39, 0.29) is 51.2 Å². The molecule has 5 aliphatic carbocycles. The number of methoxy groups -OCH3 is 4. The van der Waals surface area contributed by atoms with Crippen LogP contribution in [-0.2, 0) is 23.7 Å². The van der Waals surface area contributed by atoms with Crippen molar-refractivity contribution in [1.82, 2.24) is 0 Å². The summed E-state index contributed by atoms with van der Waals surface area (Å²) in [7, 11) is 6.98. The quantitative estimate of drug-likeness (QED) is 0.319. The number of ether oxygens (including phenoxy) is 4. The van der Waals surface area contributed by atoms with Crippen LogP contribution in [0.2, 0.25) is 0 Å². The van der Waals surface area contributed by atoms with Crippen LogP contribution in [0.25, 0.3) is 0 Å². The highest BCUT2D eigenvalue weighted by Gasteiger charge is 2.72. The Bertz CT molecular complexity index is 1040. The molecule has 10 unspecified atom stereocenters. The largest absolute Gasteiger partial charge is 0.469 e. The van der Waals surface area contributed by atoms with Gasteiger partial charge in [-0.1, -0.05) is 53.2 Å². The fourth-order valence-electron chi connectivity index (χ4n) is 11.8. The number of aliphatic hydroxyl groups is 1. The Labute approximate surface area is 242 Å².